The first-order valence-corrected chi connectivity index (χ1v) is 7.80. The minimum absolute atomic E-state index is 0.145. The number of nitrogens with zero attached hydrogens (tertiary/aromatic N) is 2. The lowest BCUT2D eigenvalue weighted by molar-refractivity contribution is -0.384. The zero-order chi connectivity index (χ0) is 17.9. The lowest BCUT2D eigenvalue weighted by Crippen LogP contribution is -2.30. The summed E-state index contributed by atoms with van der Waals surface area (Å²) >= 11 is 1.19. The lowest BCUT2D eigenvalue weighted by atomic mass is 10.2. The van der Waals surface area contributed by atoms with Crippen molar-refractivity contribution < 1.29 is 19.2 Å². The van der Waals surface area contributed by atoms with E-state index < -0.39 is 22.9 Å². The molecule has 0 bridgehead atoms. The Hall–Kier alpha value is -2.81. The number of nitrogens with one attached hydrogen (secondary N) is 1. The van der Waals surface area contributed by atoms with E-state index in [4.69, 9.17) is 4.74 Å². The van der Waals surface area contributed by atoms with Crippen LogP contribution in [0.1, 0.15) is 27.3 Å². The molecule has 2 aromatic rings. The lowest BCUT2D eigenvalue weighted by Gasteiger charge is -2.13. The number of anilines is 1. The molecule has 24 heavy (non-hydrogen) atoms. The van der Waals surface area contributed by atoms with Gasteiger partial charge in [0.15, 0.2) is 6.10 Å². The number of thiazole rings is 1. The monoisotopic (exact) mass is 349 g/mol. The molecular weight excluding hydrogens is 334 g/mol. The van der Waals surface area contributed by atoms with Crippen LogP contribution < -0.4 is 5.32 Å². The number of carbonyl (C=O) groups excluding carboxylic acids is 2. The fourth-order valence-corrected chi connectivity index (χ4v) is 2.73. The van der Waals surface area contributed by atoms with Gasteiger partial charge in [0.1, 0.15) is 4.88 Å². The molecule has 1 atom stereocenters. The van der Waals surface area contributed by atoms with Crippen molar-refractivity contribution in [3.8, 4) is 0 Å². The molecule has 0 aliphatic heterocycles. The highest BCUT2D eigenvalue weighted by atomic mass is 32.1. The van der Waals surface area contributed by atoms with Gasteiger partial charge in [-0.3, -0.25) is 14.9 Å². The van der Waals surface area contributed by atoms with Crippen molar-refractivity contribution in [2.24, 2.45) is 0 Å². The maximum Gasteiger partial charge on any atom is 0.351 e. The van der Waals surface area contributed by atoms with Gasteiger partial charge in [0, 0.05) is 17.8 Å². The number of hydrogen-bond acceptors (Lipinski definition) is 7. The van der Waals surface area contributed by atoms with Crippen molar-refractivity contribution in [2.75, 3.05) is 5.32 Å². The molecule has 1 aromatic carbocycles. The van der Waals surface area contributed by atoms with Gasteiger partial charge in [0.05, 0.1) is 15.6 Å². The molecule has 0 saturated carbocycles. The Morgan fingerprint density at radius 3 is 2.67 bits per heavy atom. The first-order valence-electron chi connectivity index (χ1n) is 6.98. The Bertz CT molecular complexity index is 802. The van der Waals surface area contributed by atoms with Gasteiger partial charge in [0.2, 0.25) is 0 Å². The average molecular weight is 349 g/mol. The fraction of sp³-hybridized carbons (Fsp3) is 0.267. The van der Waals surface area contributed by atoms with E-state index in [0.29, 0.717) is 10.6 Å². The van der Waals surface area contributed by atoms with Crippen LogP contribution >= 0.6 is 11.3 Å². The van der Waals surface area contributed by atoms with E-state index in [2.05, 4.69) is 10.3 Å². The number of aryl methyl sites for hydroxylation is 2. The quantitative estimate of drug-likeness (QED) is 0.505. The first kappa shape index (κ1) is 17.5. The van der Waals surface area contributed by atoms with Crippen LogP contribution in [0, 0.1) is 24.0 Å². The molecule has 8 nitrogen and oxygen atoms in total. The summed E-state index contributed by atoms with van der Waals surface area (Å²) in [6.45, 7) is 4.88. The van der Waals surface area contributed by atoms with Gasteiger partial charge in [-0.2, -0.15) is 0 Å². The smallest absolute Gasteiger partial charge is 0.351 e. The van der Waals surface area contributed by atoms with Crippen LogP contribution in [-0.4, -0.2) is 27.9 Å². The zero-order valence-electron chi connectivity index (χ0n) is 13.2. The van der Waals surface area contributed by atoms with Crippen LogP contribution in [0.15, 0.2) is 24.3 Å². The summed E-state index contributed by atoms with van der Waals surface area (Å²) in [6.07, 6.45) is -1.06. The van der Waals surface area contributed by atoms with Crippen LogP contribution in [0.4, 0.5) is 11.4 Å². The number of aromatic nitrogens is 1. The molecule has 9 heteroatoms. The number of nitro benzene ring substituents is 1. The predicted molar refractivity (Wildman–Crippen MR) is 88.2 cm³/mol. The first-order chi connectivity index (χ1) is 11.3. The van der Waals surface area contributed by atoms with Gasteiger partial charge in [-0.15, -0.1) is 11.3 Å². The second-order valence-electron chi connectivity index (χ2n) is 4.99. The maximum absolute atomic E-state index is 12.1. The number of amides is 1. The highest BCUT2D eigenvalue weighted by Gasteiger charge is 2.22. The normalized spacial score (nSPS) is 11.6. The molecule has 0 spiro atoms. The molecule has 0 fully saturated rings. The summed E-state index contributed by atoms with van der Waals surface area (Å²) in [7, 11) is 0. The van der Waals surface area contributed by atoms with Gasteiger partial charge in [0.25, 0.3) is 11.6 Å². The zero-order valence-corrected chi connectivity index (χ0v) is 14.0. The van der Waals surface area contributed by atoms with Gasteiger partial charge in [-0.1, -0.05) is 6.07 Å². The standard InChI is InChI=1S/C15H15N3O5S/c1-8-13(24-10(3)16-8)15(20)23-9(2)14(19)17-11-5-4-6-12(7-11)18(21)22/h4-7,9H,1-3H3,(H,17,19)/t9-/m0/s1. The number of benzene rings is 1. The molecule has 2 rings (SSSR count). The van der Waals surface area contributed by atoms with Crippen molar-refractivity contribution in [1.82, 2.24) is 4.98 Å². The number of ether oxygens (including phenoxy) is 1. The molecule has 0 aliphatic rings. The Balaban J connectivity index is 2.02. The molecule has 126 valence electrons. The Morgan fingerprint density at radius 1 is 1.38 bits per heavy atom. The van der Waals surface area contributed by atoms with Crippen LogP contribution in [0.5, 0.6) is 0 Å². The molecule has 0 aliphatic carbocycles. The summed E-state index contributed by atoms with van der Waals surface area (Å²) in [5.74, 6) is -1.21. The molecule has 1 amide bonds. The van der Waals surface area contributed by atoms with Crippen molar-refractivity contribution in [1.29, 1.82) is 0 Å². The molecule has 1 N–H and O–H groups in total. The largest absolute Gasteiger partial charge is 0.448 e. The average Bonchev–Trinajstić information content (AvgIpc) is 2.86. The van der Waals surface area contributed by atoms with E-state index in [9.17, 15) is 19.7 Å². The number of esters is 1. The second-order valence-corrected chi connectivity index (χ2v) is 6.19. The SMILES string of the molecule is Cc1nc(C)c(C(=O)O[C@@H](C)C(=O)Nc2cccc([N+](=O)[O-])c2)s1. The summed E-state index contributed by atoms with van der Waals surface area (Å²) in [4.78, 5) is 38.8. The van der Waals surface area contributed by atoms with Crippen molar-refractivity contribution in [3.63, 3.8) is 0 Å². The minimum atomic E-state index is -1.06. The third-order valence-corrected chi connectivity index (χ3v) is 4.12. The van der Waals surface area contributed by atoms with Crippen LogP contribution in [0.2, 0.25) is 0 Å². The third-order valence-electron chi connectivity index (χ3n) is 3.07. The number of carbonyl (C=O) groups is 2. The summed E-state index contributed by atoms with van der Waals surface area (Å²) in [5, 5.41) is 13.9. The molecule has 1 heterocycles. The molecule has 1 aromatic heterocycles. The van der Waals surface area contributed by atoms with E-state index in [0.717, 1.165) is 5.01 Å². The van der Waals surface area contributed by atoms with Gasteiger partial charge < -0.3 is 10.1 Å². The van der Waals surface area contributed by atoms with Gasteiger partial charge >= 0.3 is 5.97 Å². The van der Waals surface area contributed by atoms with E-state index in [-0.39, 0.29) is 11.4 Å². The fourth-order valence-electron chi connectivity index (χ4n) is 1.93. The maximum atomic E-state index is 12.1. The Kier molecular flexibility index (Phi) is 5.24. The molecular formula is C15H15N3O5S. The number of non-ortho nitro benzene ring substituents is 1. The van der Waals surface area contributed by atoms with E-state index in [1.54, 1.807) is 13.8 Å². The number of rotatable bonds is 5. The van der Waals surface area contributed by atoms with Crippen molar-refractivity contribution in [2.45, 2.75) is 26.9 Å². The van der Waals surface area contributed by atoms with E-state index in [1.807, 2.05) is 0 Å². The van der Waals surface area contributed by atoms with Gasteiger partial charge in [-0.25, -0.2) is 9.78 Å². The summed E-state index contributed by atoms with van der Waals surface area (Å²) in [5.41, 5.74) is 0.656. The van der Waals surface area contributed by atoms with Crippen LogP contribution in [-0.2, 0) is 9.53 Å². The number of nitro groups is 1. The van der Waals surface area contributed by atoms with Crippen LogP contribution in [0.25, 0.3) is 0 Å². The summed E-state index contributed by atoms with van der Waals surface area (Å²) in [6, 6.07) is 5.50. The summed E-state index contributed by atoms with van der Waals surface area (Å²) < 4.78 is 5.13. The molecule has 0 unspecified atom stereocenters. The van der Waals surface area contributed by atoms with E-state index in [1.165, 1.54) is 42.5 Å². The van der Waals surface area contributed by atoms with Gasteiger partial charge in [-0.05, 0) is 26.8 Å². The Labute approximate surface area is 141 Å². The highest BCUT2D eigenvalue weighted by Crippen LogP contribution is 2.20. The van der Waals surface area contributed by atoms with E-state index >= 15 is 0 Å². The topological polar surface area (TPSA) is 111 Å². The highest BCUT2D eigenvalue weighted by molar-refractivity contribution is 7.13. The minimum Gasteiger partial charge on any atom is -0.448 e. The second kappa shape index (κ2) is 7.18. The van der Waals surface area contributed by atoms with Crippen LogP contribution in [0.3, 0.4) is 0 Å². The number of hydrogen-bond donors (Lipinski definition) is 1. The molecule has 0 radical (unpaired) electrons. The molecule has 0 saturated heterocycles. The van der Waals surface area contributed by atoms with Crippen molar-refractivity contribution in [3.05, 3.63) is 50.0 Å². The third kappa shape index (κ3) is 4.13. The van der Waals surface area contributed by atoms with Crippen molar-refractivity contribution >= 4 is 34.6 Å². The predicted octanol–water partition coefficient (Wildman–Crippen LogP) is 2.85. The Morgan fingerprint density at radius 2 is 2.08 bits per heavy atom.